The van der Waals surface area contributed by atoms with Gasteiger partial charge in [0.05, 0.1) is 6.54 Å². The van der Waals surface area contributed by atoms with E-state index in [1.165, 1.54) is 11.1 Å². The number of hydrogen-bond acceptors (Lipinski definition) is 3. The molecule has 2 saturated heterocycles. The second-order valence-electron chi connectivity index (χ2n) is 7.04. The molecule has 1 atom stereocenters. The monoisotopic (exact) mass is 329 g/mol. The highest BCUT2D eigenvalue weighted by Gasteiger charge is 2.25. The van der Waals surface area contributed by atoms with Crippen LogP contribution in [0.1, 0.15) is 30.4 Å². The second kappa shape index (κ2) is 7.79. The Hall–Kier alpha value is -1.88. The lowest BCUT2D eigenvalue weighted by Crippen LogP contribution is -2.40. The maximum Gasteiger partial charge on any atom is 0.239 e. The van der Waals surface area contributed by atoms with Crippen molar-refractivity contribution in [1.82, 2.24) is 15.1 Å². The van der Waals surface area contributed by atoms with Gasteiger partial charge in [-0.15, -0.1) is 0 Å². The number of likely N-dealkylation sites (tertiary alicyclic amines) is 2. The molecule has 0 bridgehead atoms. The highest BCUT2D eigenvalue weighted by atomic mass is 16.2. The molecule has 2 heterocycles. The maximum absolute atomic E-state index is 12.0. The van der Waals surface area contributed by atoms with Gasteiger partial charge < -0.3 is 10.2 Å². The van der Waals surface area contributed by atoms with Crippen molar-refractivity contribution < 1.29 is 9.59 Å². The van der Waals surface area contributed by atoms with Crippen molar-refractivity contribution in [2.45, 2.75) is 32.7 Å². The normalized spacial score (nSPS) is 21.5. The molecule has 2 aliphatic rings. The van der Waals surface area contributed by atoms with Gasteiger partial charge in [0.25, 0.3) is 0 Å². The number of carbonyl (C=O) groups excluding carboxylic acids is 2. The minimum absolute atomic E-state index is 0.0254. The lowest BCUT2D eigenvalue weighted by molar-refractivity contribution is -0.133. The van der Waals surface area contributed by atoms with Gasteiger partial charge in [0, 0.05) is 32.6 Å². The van der Waals surface area contributed by atoms with Crippen LogP contribution in [0.5, 0.6) is 0 Å². The third-order valence-electron chi connectivity index (χ3n) is 5.12. The Kier molecular flexibility index (Phi) is 5.51. The van der Waals surface area contributed by atoms with Crippen molar-refractivity contribution in [1.29, 1.82) is 0 Å². The van der Waals surface area contributed by atoms with Crippen LogP contribution in [0.2, 0.25) is 0 Å². The molecule has 2 aliphatic heterocycles. The number of nitrogens with zero attached hydrogens (tertiary/aromatic N) is 2. The molecule has 5 heteroatoms. The summed E-state index contributed by atoms with van der Waals surface area (Å²) in [5, 5.41) is 3.01. The molecule has 130 valence electrons. The molecule has 2 amide bonds. The zero-order chi connectivity index (χ0) is 16.9. The van der Waals surface area contributed by atoms with Gasteiger partial charge in [-0.1, -0.05) is 24.3 Å². The fraction of sp³-hybridized carbons (Fsp3) is 0.579. The number of amides is 2. The Bertz CT molecular complexity index is 602. The van der Waals surface area contributed by atoms with Crippen molar-refractivity contribution >= 4 is 11.8 Å². The zero-order valence-corrected chi connectivity index (χ0v) is 14.5. The van der Waals surface area contributed by atoms with Crippen LogP contribution in [-0.4, -0.2) is 54.3 Å². The third-order valence-corrected chi connectivity index (χ3v) is 5.12. The first-order valence-electron chi connectivity index (χ1n) is 8.93. The number of hydrogen-bond donors (Lipinski definition) is 1. The zero-order valence-electron chi connectivity index (χ0n) is 14.5. The van der Waals surface area contributed by atoms with Crippen LogP contribution in [-0.2, 0) is 16.1 Å². The van der Waals surface area contributed by atoms with E-state index >= 15 is 0 Å². The summed E-state index contributed by atoms with van der Waals surface area (Å²) >= 11 is 0. The van der Waals surface area contributed by atoms with Crippen LogP contribution >= 0.6 is 0 Å². The van der Waals surface area contributed by atoms with Gasteiger partial charge >= 0.3 is 0 Å². The molecule has 0 saturated carbocycles. The standard InChI is InChI=1S/C19H27N3O2/c1-15-5-2-3-6-17(15)13-21-10-8-16(12-21)11-20-18(23)14-22-9-4-7-19(22)24/h2-3,5-6,16H,4,7-14H2,1H3,(H,20,23)/t16-/m0/s1. The van der Waals surface area contributed by atoms with Crippen LogP contribution in [0.3, 0.4) is 0 Å². The topological polar surface area (TPSA) is 52.7 Å². The molecule has 24 heavy (non-hydrogen) atoms. The van der Waals surface area contributed by atoms with Crippen molar-refractivity contribution in [2.24, 2.45) is 5.92 Å². The molecule has 0 aromatic heterocycles. The molecule has 0 unspecified atom stereocenters. The fourth-order valence-electron chi connectivity index (χ4n) is 3.61. The summed E-state index contributed by atoms with van der Waals surface area (Å²) in [6.45, 7) is 6.91. The van der Waals surface area contributed by atoms with E-state index in [9.17, 15) is 9.59 Å². The first kappa shape index (κ1) is 17.0. The predicted octanol–water partition coefficient (Wildman–Crippen LogP) is 1.56. The molecule has 1 aromatic carbocycles. The molecule has 2 fully saturated rings. The Balaban J connectivity index is 1.39. The molecule has 1 N–H and O–H groups in total. The first-order valence-corrected chi connectivity index (χ1v) is 8.93. The number of rotatable bonds is 6. The first-order chi connectivity index (χ1) is 11.6. The quantitative estimate of drug-likeness (QED) is 0.862. The minimum atomic E-state index is -0.0254. The van der Waals surface area contributed by atoms with Gasteiger partial charge in [-0.05, 0) is 43.4 Å². The van der Waals surface area contributed by atoms with Gasteiger partial charge in [-0.2, -0.15) is 0 Å². The van der Waals surface area contributed by atoms with Crippen LogP contribution in [0.25, 0.3) is 0 Å². The van der Waals surface area contributed by atoms with Crippen LogP contribution in [0.4, 0.5) is 0 Å². The molecule has 0 spiro atoms. The molecule has 3 rings (SSSR count). The van der Waals surface area contributed by atoms with Crippen molar-refractivity contribution in [3.8, 4) is 0 Å². The molecular weight excluding hydrogens is 302 g/mol. The summed E-state index contributed by atoms with van der Waals surface area (Å²) in [6, 6.07) is 8.52. The molecule has 5 nitrogen and oxygen atoms in total. The van der Waals surface area contributed by atoms with Crippen molar-refractivity contribution in [2.75, 3.05) is 32.7 Å². The summed E-state index contributed by atoms with van der Waals surface area (Å²) in [6.07, 6.45) is 2.58. The molecule has 0 aliphatic carbocycles. The molecule has 1 aromatic rings. The summed E-state index contributed by atoms with van der Waals surface area (Å²) in [7, 11) is 0. The summed E-state index contributed by atoms with van der Waals surface area (Å²) in [5.74, 6) is 0.588. The third kappa shape index (κ3) is 4.35. The van der Waals surface area contributed by atoms with E-state index in [4.69, 9.17) is 0 Å². The highest BCUT2D eigenvalue weighted by Crippen LogP contribution is 2.19. The second-order valence-corrected chi connectivity index (χ2v) is 7.04. The van der Waals surface area contributed by atoms with Crippen LogP contribution < -0.4 is 5.32 Å². The van der Waals surface area contributed by atoms with E-state index < -0.39 is 0 Å². The lowest BCUT2D eigenvalue weighted by Gasteiger charge is -2.18. The van der Waals surface area contributed by atoms with Gasteiger partial charge in [0.15, 0.2) is 0 Å². The summed E-state index contributed by atoms with van der Waals surface area (Å²) in [5.41, 5.74) is 2.72. The van der Waals surface area contributed by atoms with E-state index in [-0.39, 0.29) is 18.4 Å². The Labute approximate surface area is 144 Å². The predicted molar refractivity (Wildman–Crippen MR) is 93.4 cm³/mol. The van der Waals surface area contributed by atoms with Crippen LogP contribution in [0.15, 0.2) is 24.3 Å². The number of benzene rings is 1. The van der Waals surface area contributed by atoms with Gasteiger partial charge in [0.1, 0.15) is 0 Å². The number of nitrogens with one attached hydrogen (secondary N) is 1. The van der Waals surface area contributed by atoms with Gasteiger partial charge in [-0.3, -0.25) is 14.5 Å². The van der Waals surface area contributed by atoms with E-state index in [0.717, 1.165) is 39.0 Å². The van der Waals surface area contributed by atoms with Gasteiger partial charge in [0.2, 0.25) is 11.8 Å². The van der Waals surface area contributed by atoms with Crippen molar-refractivity contribution in [3.05, 3.63) is 35.4 Å². The van der Waals surface area contributed by atoms with Crippen molar-refractivity contribution in [3.63, 3.8) is 0 Å². The lowest BCUT2D eigenvalue weighted by atomic mass is 10.1. The summed E-state index contributed by atoms with van der Waals surface area (Å²) < 4.78 is 0. The van der Waals surface area contributed by atoms with E-state index in [2.05, 4.69) is 41.4 Å². The average Bonchev–Trinajstić information content (AvgIpc) is 3.17. The van der Waals surface area contributed by atoms with E-state index in [1.54, 1.807) is 4.90 Å². The Morgan fingerprint density at radius 3 is 2.88 bits per heavy atom. The minimum Gasteiger partial charge on any atom is -0.354 e. The van der Waals surface area contributed by atoms with E-state index in [1.807, 2.05) is 0 Å². The molecule has 0 radical (unpaired) electrons. The van der Waals surface area contributed by atoms with E-state index in [0.29, 0.717) is 18.9 Å². The van der Waals surface area contributed by atoms with Crippen LogP contribution in [0, 0.1) is 12.8 Å². The summed E-state index contributed by atoms with van der Waals surface area (Å²) in [4.78, 5) is 27.7. The highest BCUT2D eigenvalue weighted by molar-refractivity contribution is 5.85. The maximum atomic E-state index is 12.0. The number of carbonyl (C=O) groups is 2. The molecular formula is C19H27N3O2. The fourth-order valence-corrected chi connectivity index (χ4v) is 3.61. The Morgan fingerprint density at radius 1 is 1.29 bits per heavy atom. The SMILES string of the molecule is Cc1ccccc1CN1CC[C@@H](CNC(=O)CN2CCCC2=O)C1. The van der Waals surface area contributed by atoms with Gasteiger partial charge in [-0.25, -0.2) is 0 Å². The largest absolute Gasteiger partial charge is 0.354 e. The smallest absolute Gasteiger partial charge is 0.239 e. The number of aryl methyl sites for hydroxylation is 1. The average molecular weight is 329 g/mol. The Morgan fingerprint density at radius 2 is 2.12 bits per heavy atom.